The molecule has 1 heterocycles. The lowest BCUT2D eigenvalue weighted by atomic mass is 9.90. The van der Waals surface area contributed by atoms with Crippen molar-refractivity contribution < 1.29 is 0 Å². The number of nitrogens with zero attached hydrogens (tertiary/aromatic N) is 1. The molecule has 1 fully saturated rings. The van der Waals surface area contributed by atoms with E-state index in [-0.39, 0.29) is 5.54 Å². The second-order valence-electron chi connectivity index (χ2n) is 5.16. The van der Waals surface area contributed by atoms with Crippen molar-refractivity contribution in [2.24, 2.45) is 11.7 Å². The second-order valence-corrected chi connectivity index (χ2v) is 5.16. The number of nitrogens with two attached hydrogens (primary N) is 1. The molecule has 0 radical (unpaired) electrons. The summed E-state index contributed by atoms with van der Waals surface area (Å²) in [5.74, 6) is 0.902. The topological polar surface area (TPSA) is 29.3 Å². The molecule has 1 aliphatic heterocycles. The molecule has 0 aromatic carbocycles. The molecule has 2 nitrogen and oxygen atoms in total. The molecule has 2 N–H and O–H groups in total. The first-order valence-corrected chi connectivity index (χ1v) is 6.63. The van der Waals surface area contributed by atoms with Gasteiger partial charge in [-0.05, 0) is 51.1 Å². The normalized spacial score (nSPS) is 25.2. The largest absolute Gasteiger partial charge is 0.329 e. The molecule has 0 aromatic rings. The molecule has 0 spiro atoms. The van der Waals surface area contributed by atoms with Crippen LogP contribution in [-0.4, -0.2) is 30.1 Å². The predicted octanol–water partition coefficient (Wildman–Crippen LogP) is 2.63. The van der Waals surface area contributed by atoms with Crippen LogP contribution in [0.3, 0.4) is 0 Å². The highest BCUT2D eigenvalue weighted by molar-refractivity contribution is 4.90. The van der Waals surface area contributed by atoms with Crippen LogP contribution in [0.15, 0.2) is 0 Å². The number of hydrogen-bond acceptors (Lipinski definition) is 2. The third-order valence-corrected chi connectivity index (χ3v) is 4.38. The van der Waals surface area contributed by atoms with E-state index in [0.29, 0.717) is 0 Å². The molecule has 0 aromatic heterocycles. The molecule has 1 atom stereocenters. The van der Waals surface area contributed by atoms with E-state index in [1.165, 1.54) is 45.2 Å². The van der Waals surface area contributed by atoms with E-state index in [0.717, 1.165) is 12.5 Å². The fraction of sp³-hybridized carbons (Fsp3) is 1.00. The van der Waals surface area contributed by atoms with E-state index in [1.807, 2.05) is 0 Å². The average Bonchev–Trinajstić information content (AvgIpc) is 2.48. The summed E-state index contributed by atoms with van der Waals surface area (Å²) in [5.41, 5.74) is 6.29. The van der Waals surface area contributed by atoms with Crippen LogP contribution < -0.4 is 5.73 Å². The predicted molar refractivity (Wildman–Crippen MR) is 67.0 cm³/mol. The molecule has 1 rings (SSSR count). The maximum atomic E-state index is 6.00. The van der Waals surface area contributed by atoms with Crippen molar-refractivity contribution >= 4 is 0 Å². The zero-order chi connectivity index (χ0) is 11.3. The maximum absolute atomic E-state index is 6.00. The van der Waals surface area contributed by atoms with Gasteiger partial charge in [0.05, 0.1) is 0 Å². The molecule has 0 amide bonds. The van der Waals surface area contributed by atoms with Gasteiger partial charge in [0, 0.05) is 12.1 Å². The van der Waals surface area contributed by atoms with Crippen LogP contribution in [0.25, 0.3) is 0 Å². The smallest absolute Gasteiger partial charge is 0.0326 e. The van der Waals surface area contributed by atoms with Crippen molar-refractivity contribution in [3.63, 3.8) is 0 Å². The lowest BCUT2D eigenvalue weighted by Crippen LogP contribution is -2.53. The summed E-state index contributed by atoms with van der Waals surface area (Å²) in [6, 6.07) is 0. The zero-order valence-electron chi connectivity index (χ0n) is 10.8. The Morgan fingerprint density at radius 2 is 1.87 bits per heavy atom. The summed E-state index contributed by atoms with van der Waals surface area (Å²) < 4.78 is 0. The maximum Gasteiger partial charge on any atom is 0.0326 e. The fourth-order valence-corrected chi connectivity index (χ4v) is 2.85. The Balaban J connectivity index is 2.66. The van der Waals surface area contributed by atoms with Crippen LogP contribution in [0.1, 0.15) is 52.9 Å². The van der Waals surface area contributed by atoms with Gasteiger partial charge in [-0.3, -0.25) is 4.90 Å². The first-order valence-electron chi connectivity index (χ1n) is 6.63. The molecule has 90 valence electrons. The van der Waals surface area contributed by atoms with Crippen molar-refractivity contribution in [3.05, 3.63) is 0 Å². The molecular weight excluding hydrogens is 184 g/mol. The van der Waals surface area contributed by atoms with Gasteiger partial charge in [0.15, 0.2) is 0 Å². The summed E-state index contributed by atoms with van der Waals surface area (Å²) >= 11 is 0. The van der Waals surface area contributed by atoms with E-state index >= 15 is 0 Å². The Hall–Kier alpha value is -0.0800. The minimum Gasteiger partial charge on any atom is -0.329 e. The van der Waals surface area contributed by atoms with Gasteiger partial charge < -0.3 is 5.73 Å². The first kappa shape index (κ1) is 13.0. The van der Waals surface area contributed by atoms with Crippen molar-refractivity contribution in [1.29, 1.82) is 0 Å². The van der Waals surface area contributed by atoms with Gasteiger partial charge in [-0.15, -0.1) is 0 Å². The van der Waals surface area contributed by atoms with Gasteiger partial charge in [0.2, 0.25) is 0 Å². The highest BCUT2D eigenvalue weighted by Crippen LogP contribution is 2.27. The van der Waals surface area contributed by atoms with Crippen LogP contribution in [0.4, 0.5) is 0 Å². The van der Waals surface area contributed by atoms with Crippen LogP contribution in [-0.2, 0) is 0 Å². The molecular formula is C13H28N2. The summed E-state index contributed by atoms with van der Waals surface area (Å²) in [5, 5.41) is 0. The molecule has 0 aliphatic carbocycles. The Bertz CT molecular complexity index is 167. The van der Waals surface area contributed by atoms with Gasteiger partial charge in [0.25, 0.3) is 0 Å². The third-order valence-electron chi connectivity index (χ3n) is 4.38. The van der Waals surface area contributed by atoms with Gasteiger partial charge in [-0.2, -0.15) is 0 Å². The minimum atomic E-state index is 0.282. The molecule has 1 aliphatic rings. The molecule has 1 saturated heterocycles. The van der Waals surface area contributed by atoms with Gasteiger partial charge in [-0.1, -0.05) is 20.8 Å². The van der Waals surface area contributed by atoms with Crippen LogP contribution in [0.2, 0.25) is 0 Å². The summed E-state index contributed by atoms with van der Waals surface area (Å²) in [4.78, 5) is 2.66. The minimum absolute atomic E-state index is 0.282. The fourth-order valence-electron chi connectivity index (χ4n) is 2.85. The van der Waals surface area contributed by atoms with E-state index < -0.39 is 0 Å². The van der Waals surface area contributed by atoms with Crippen molar-refractivity contribution in [2.45, 2.75) is 58.4 Å². The summed E-state index contributed by atoms with van der Waals surface area (Å²) in [7, 11) is 0. The molecule has 0 bridgehead atoms. The summed E-state index contributed by atoms with van der Waals surface area (Å²) in [6.45, 7) is 10.3. The average molecular weight is 212 g/mol. The molecule has 1 unspecified atom stereocenters. The lowest BCUT2D eigenvalue weighted by Gasteiger charge is -2.42. The van der Waals surface area contributed by atoms with Crippen LogP contribution in [0.5, 0.6) is 0 Å². The molecule has 2 heteroatoms. The van der Waals surface area contributed by atoms with Crippen molar-refractivity contribution in [1.82, 2.24) is 4.90 Å². The number of likely N-dealkylation sites (tertiary alicyclic amines) is 1. The van der Waals surface area contributed by atoms with E-state index in [4.69, 9.17) is 5.73 Å². The Labute approximate surface area is 95.2 Å². The van der Waals surface area contributed by atoms with Crippen molar-refractivity contribution in [3.8, 4) is 0 Å². The summed E-state index contributed by atoms with van der Waals surface area (Å²) in [6.07, 6.45) is 6.47. The molecule has 15 heavy (non-hydrogen) atoms. The molecule has 0 saturated carbocycles. The third kappa shape index (κ3) is 2.94. The van der Waals surface area contributed by atoms with Crippen LogP contribution in [0, 0.1) is 5.92 Å². The Morgan fingerprint density at radius 3 is 2.40 bits per heavy atom. The van der Waals surface area contributed by atoms with E-state index in [9.17, 15) is 0 Å². The highest BCUT2D eigenvalue weighted by atomic mass is 15.2. The standard InChI is InChI=1S/C13H28N2/c1-4-13(5-2,11-14)15-9-6-7-12(3)8-10-15/h12H,4-11,14H2,1-3H3. The highest BCUT2D eigenvalue weighted by Gasteiger charge is 2.32. The Kier molecular flexibility index (Phi) is 5.07. The van der Waals surface area contributed by atoms with Gasteiger partial charge in [-0.25, -0.2) is 0 Å². The van der Waals surface area contributed by atoms with E-state index in [2.05, 4.69) is 25.7 Å². The SMILES string of the molecule is CCC(CC)(CN)N1CCCC(C)CC1. The van der Waals surface area contributed by atoms with Crippen molar-refractivity contribution in [2.75, 3.05) is 19.6 Å². The van der Waals surface area contributed by atoms with E-state index in [1.54, 1.807) is 0 Å². The lowest BCUT2D eigenvalue weighted by molar-refractivity contribution is 0.0879. The Morgan fingerprint density at radius 1 is 1.20 bits per heavy atom. The number of hydrogen-bond donors (Lipinski definition) is 1. The monoisotopic (exact) mass is 212 g/mol. The van der Waals surface area contributed by atoms with Crippen LogP contribution >= 0.6 is 0 Å². The zero-order valence-corrected chi connectivity index (χ0v) is 10.8. The number of rotatable bonds is 4. The quantitative estimate of drug-likeness (QED) is 0.776. The van der Waals surface area contributed by atoms with Gasteiger partial charge in [0.1, 0.15) is 0 Å². The van der Waals surface area contributed by atoms with Gasteiger partial charge >= 0.3 is 0 Å². The first-order chi connectivity index (χ1) is 7.18. The second kappa shape index (κ2) is 5.86.